The van der Waals surface area contributed by atoms with Crippen LogP contribution in [0.3, 0.4) is 0 Å². The molecule has 0 saturated heterocycles. The van der Waals surface area contributed by atoms with Crippen LogP contribution in [-0.2, 0) is 4.74 Å². The number of halogens is 1. The average molecular weight is 472 g/mol. The van der Waals surface area contributed by atoms with Crippen LogP contribution in [0, 0.1) is 6.92 Å². The maximum atomic E-state index is 13.6. The Bertz CT molecular complexity index is 989. The van der Waals surface area contributed by atoms with Gasteiger partial charge in [0.1, 0.15) is 12.4 Å². The molecule has 0 aliphatic rings. The van der Waals surface area contributed by atoms with Crippen LogP contribution < -0.4 is 4.74 Å². The molecule has 1 heterocycles. The molecule has 0 aliphatic carbocycles. The van der Waals surface area contributed by atoms with Crippen LogP contribution in [0.5, 0.6) is 5.88 Å². The second-order valence-electron chi connectivity index (χ2n) is 7.99. The first kappa shape index (κ1) is 26.4. The van der Waals surface area contributed by atoms with Crippen LogP contribution in [0.2, 0.25) is 5.02 Å². The molecule has 0 saturated carbocycles. The number of ether oxygens (including phenoxy) is 2. The van der Waals surface area contributed by atoms with Crippen LogP contribution in [-0.4, -0.2) is 46.9 Å². The van der Waals surface area contributed by atoms with Gasteiger partial charge in [0.2, 0.25) is 5.88 Å². The third-order valence-electron chi connectivity index (χ3n) is 5.35. The Balaban J connectivity index is 2.22. The molecule has 0 radical (unpaired) electrons. The van der Waals surface area contributed by atoms with Gasteiger partial charge in [-0.1, -0.05) is 37.2 Å². The number of pyridine rings is 1. The minimum absolute atomic E-state index is 0.113. The van der Waals surface area contributed by atoms with E-state index in [2.05, 4.69) is 23.5 Å². The number of rotatable bonds is 10. The van der Waals surface area contributed by atoms with Crippen LogP contribution in [0.4, 0.5) is 0 Å². The molecule has 1 aromatic heterocycles. The second kappa shape index (κ2) is 12.4. The van der Waals surface area contributed by atoms with Crippen LogP contribution in [0.15, 0.2) is 48.1 Å². The number of hydrogen-bond donors (Lipinski definition) is 0. The highest BCUT2D eigenvalue weighted by Gasteiger charge is 2.25. The fourth-order valence-electron chi connectivity index (χ4n) is 3.43. The van der Waals surface area contributed by atoms with E-state index in [0.29, 0.717) is 46.8 Å². The van der Waals surface area contributed by atoms with Crippen LogP contribution in [0.1, 0.15) is 62.5 Å². The van der Waals surface area contributed by atoms with Crippen molar-refractivity contribution >= 4 is 29.2 Å². The third kappa shape index (κ3) is 7.32. The molecule has 0 spiro atoms. The predicted molar refractivity (Wildman–Crippen MR) is 135 cm³/mol. The zero-order valence-electron chi connectivity index (χ0n) is 20.4. The summed E-state index contributed by atoms with van der Waals surface area (Å²) >= 11 is 5.88. The minimum atomic E-state index is -0.184. The van der Waals surface area contributed by atoms with E-state index in [-0.39, 0.29) is 18.0 Å². The highest BCUT2D eigenvalue weighted by molar-refractivity contribution is 6.30. The van der Waals surface area contributed by atoms with Crippen molar-refractivity contribution in [2.75, 3.05) is 13.2 Å². The summed E-state index contributed by atoms with van der Waals surface area (Å²) in [6.07, 6.45) is 2.44. The minimum Gasteiger partial charge on any atom is -0.475 e. The van der Waals surface area contributed by atoms with E-state index >= 15 is 0 Å². The smallest absolute Gasteiger partial charge is 0.254 e. The van der Waals surface area contributed by atoms with Crippen molar-refractivity contribution in [3.63, 3.8) is 0 Å². The first-order valence-electron chi connectivity index (χ1n) is 11.2. The molecule has 0 aliphatic heterocycles. The van der Waals surface area contributed by atoms with E-state index in [1.54, 1.807) is 30.0 Å². The fourth-order valence-corrected chi connectivity index (χ4v) is 3.54. The summed E-state index contributed by atoms with van der Waals surface area (Å²) in [7, 11) is 0. The molecule has 6 nitrogen and oxygen atoms in total. The lowest BCUT2D eigenvalue weighted by Crippen LogP contribution is -2.42. The van der Waals surface area contributed by atoms with Gasteiger partial charge in [0.05, 0.1) is 22.7 Å². The monoisotopic (exact) mass is 471 g/mol. The summed E-state index contributed by atoms with van der Waals surface area (Å²) in [6.45, 7) is 16.7. The molecule has 7 heteroatoms. The summed E-state index contributed by atoms with van der Waals surface area (Å²) in [5.41, 5.74) is 2.13. The summed E-state index contributed by atoms with van der Waals surface area (Å²) < 4.78 is 11.7. The molecule has 0 bridgehead atoms. The van der Waals surface area contributed by atoms with E-state index in [1.807, 2.05) is 39.8 Å². The number of carbonyl (C=O) groups is 1. The van der Waals surface area contributed by atoms with Crippen molar-refractivity contribution in [1.82, 2.24) is 9.88 Å². The number of nitrogens with zero attached hydrogens (tertiary/aromatic N) is 3. The maximum absolute atomic E-state index is 13.6. The molecule has 1 aromatic carbocycles. The Hall–Kier alpha value is -2.86. The predicted octanol–water partition coefficient (Wildman–Crippen LogP) is 6.18. The molecule has 0 N–H and O–H groups in total. The van der Waals surface area contributed by atoms with E-state index in [1.165, 1.54) is 6.20 Å². The number of aromatic nitrogens is 1. The summed E-state index contributed by atoms with van der Waals surface area (Å²) in [6, 6.07) is 9.00. The zero-order valence-corrected chi connectivity index (χ0v) is 21.1. The third-order valence-corrected chi connectivity index (χ3v) is 5.58. The van der Waals surface area contributed by atoms with E-state index in [4.69, 9.17) is 21.1 Å². The Labute approximate surface area is 202 Å². The number of amides is 1. The molecule has 0 fully saturated rings. The lowest BCUT2D eigenvalue weighted by molar-refractivity contribution is 0.0645. The largest absolute Gasteiger partial charge is 0.475 e. The molecule has 1 amide bonds. The maximum Gasteiger partial charge on any atom is 0.254 e. The van der Waals surface area contributed by atoms with E-state index < -0.39 is 0 Å². The molecule has 2 aromatic rings. The molecular formula is C26H34ClN3O3. The Morgan fingerprint density at radius 1 is 1.24 bits per heavy atom. The van der Waals surface area contributed by atoms with Gasteiger partial charge in [-0.15, -0.1) is 0 Å². The summed E-state index contributed by atoms with van der Waals surface area (Å²) in [5.74, 6) is 1.29. The van der Waals surface area contributed by atoms with Gasteiger partial charge in [-0.3, -0.25) is 9.79 Å². The number of aliphatic imine (C=N–C) groups is 1. The molecular weight excluding hydrogens is 438 g/mol. The molecule has 2 rings (SSSR count). The second-order valence-corrected chi connectivity index (χ2v) is 8.43. The van der Waals surface area contributed by atoms with Crippen molar-refractivity contribution in [3.05, 3.63) is 64.8 Å². The molecule has 1 unspecified atom stereocenters. The van der Waals surface area contributed by atoms with Crippen molar-refractivity contribution < 1.29 is 14.3 Å². The SMILES string of the molecule is C=C(O/C(C)=N\C(C)CC)c1c(C)cccc1C(=O)N(CC)[C@@H](C)COc1ccc(Cl)cn1. The van der Waals surface area contributed by atoms with Crippen LogP contribution >= 0.6 is 11.6 Å². The fraction of sp³-hybridized carbons (Fsp3) is 0.423. The van der Waals surface area contributed by atoms with Crippen molar-refractivity contribution in [2.24, 2.45) is 4.99 Å². The van der Waals surface area contributed by atoms with E-state index in [0.717, 1.165) is 12.0 Å². The van der Waals surface area contributed by atoms with Gasteiger partial charge in [0.25, 0.3) is 5.91 Å². The Kier molecular flexibility index (Phi) is 9.92. The molecule has 33 heavy (non-hydrogen) atoms. The van der Waals surface area contributed by atoms with Gasteiger partial charge in [-0.05, 0) is 51.8 Å². The first-order valence-corrected chi connectivity index (χ1v) is 11.6. The normalized spacial score (nSPS) is 13.2. The van der Waals surface area contributed by atoms with E-state index in [9.17, 15) is 4.79 Å². The summed E-state index contributed by atoms with van der Waals surface area (Å²) in [5, 5.41) is 0.541. The zero-order chi connectivity index (χ0) is 24.5. The van der Waals surface area contributed by atoms with Crippen molar-refractivity contribution in [3.8, 4) is 5.88 Å². The van der Waals surface area contributed by atoms with Gasteiger partial charge in [0, 0.05) is 31.3 Å². The van der Waals surface area contributed by atoms with Gasteiger partial charge in [0.15, 0.2) is 5.90 Å². The number of aryl methyl sites for hydroxylation is 1. The van der Waals surface area contributed by atoms with Crippen LogP contribution in [0.25, 0.3) is 5.76 Å². The quantitative estimate of drug-likeness (QED) is 0.236. The Morgan fingerprint density at radius 3 is 2.58 bits per heavy atom. The lowest BCUT2D eigenvalue weighted by atomic mass is 9.99. The standard InChI is InChI=1S/C26H34ClN3O3/c1-8-18(4)29-21(7)33-20(6)25-17(3)11-10-12-23(25)26(31)30(9-2)19(5)16-32-24-14-13-22(27)15-28-24/h10-15,18-19H,6,8-9,16H2,1-5,7H3/b29-21-/t18?,19-/m0/s1. The number of likely N-dealkylation sites (N-methyl/N-ethyl adjacent to an activating group) is 1. The number of benzene rings is 1. The highest BCUT2D eigenvalue weighted by atomic mass is 35.5. The number of carbonyl (C=O) groups excluding carboxylic acids is 1. The molecule has 2 atom stereocenters. The lowest BCUT2D eigenvalue weighted by Gasteiger charge is -2.29. The Morgan fingerprint density at radius 2 is 1.97 bits per heavy atom. The molecule has 178 valence electrons. The van der Waals surface area contributed by atoms with Gasteiger partial charge in [-0.25, -0.2) is 4.98 Å². The topological polar surface area (TPSA) is 64.0 Å². The van der Waals surface area contributed by atoms with Gasteiger partial charge in [-0.2, -0.15) is 0 Å². The number of hydrogen-bond acceptors (Lipinski definition) is 5. The van der Waals surface area contributed by atoms with Crippen molar-refractivity contribution in [1.29, 1.82) is 0 Å². The highest BCUT2D eigenvalue weighted by Crippen LogP contribution is 2.26. The van der Waals surface area contributed by atoms with Gasteiger partial charge < -0.3 is 14.4 Å². The first-order chi connectivity index (χ1) is 15.7. The van der Waals surface area contributed by atoms with Gasteiger partial charge >= 0.3 is 0 Å². The average Bonchev–Trinajstić information content (AvgIpc) is 2.78. The van der Waals surface area contributed by atoms with Crippen molar-refractivity contribution in [2.45, 2.75) is 60.0 Å². The summed E-state index contributed by atoms with van der Waals surface area (Å²) in [4.78, 5) is 24.0.